The Labute approximate surface area is 113 Å². The van der Waals surface area contributed by atoms with Crippen LogP contribution in [0.5, 0.6) is 11.5 Å². The molecule has 2 rings (SSSR count). The molecule has 0 unspecified atom stereocenters. The van der Waals surface area contributed by atoms with Crippen LogP contribution in [-0.4, -0.2) is 9.97 Å². The summed E-state index contributed by atoms with van der Waals surface area (Å²) in [6, 6.07) is 5.64. The summed E-state index contributed by atoms with van der Waals surface area (Å²) in [5.74, 6) is 1.08. The number of ether oxygens (including phenoxy) is 1. The second-order valence-corrected chi connectivity index (χ2v) is 4.69. The van der Waals surface area contributed by atoms with Crippen LogP contribution in [0.2, 0.25) is 0 Å². The Balaban J connectivity index is 2.43. The smallest absolute Gasteiger partial charge is 0.148 e. The average Bonchev–Trinajstić information content (AvgIpc) is 2.28. The number of halogens is 1. The van der Waals surface area contributed by atoms with Crippen molar-refractivity contribution in [3.8, 4) is 17.6 Å². The minimum absolute atomic E-state index is 0.445. The third-order valence-electron chi connectivity index (χ3n) is 2.31. The molecule has 0 aliphatic carbocycles. The summed E-state index contributed by atoms with van der Waals surface area (Å²) in [5.41, 5.74) is 1.92. The maximum Gasteiger partial charge on any atom is 0.148 e. The van der Waals surface area contributed by atoms with Gasteiger partial charge < -0.3 is 4.74 Å². The molecule has 5 heteroatoms. The summed E-state index contributed by atoms with van der Waals surface area (Å²) >= 11 is 3.32. The van der Waals surface area contributed by atoms with E-state index >= 15 is 0 Å². The minimum Gasteiger partial charge on any atom is -0.454 e. The summed E-state index contributed by atoms with van der Waals surface area (Å²) in [6.45, 7) is 3.65. The van der Waals surface area contributed by atoms with Gasteiger partial charge in [-0.3, -0.25) is 9.97 Å². The molecule has 0 aliphatic heterocycles. The van der Waals surface area contributed by atoms with Crippen molar-refractivity contribution in [3.63, 3.8) is 0 Å². The molecule has 0 N–H and O–H groups in total. The van der Waals surface area contributed by atoms with E-state index in [4.69, 9.17) is 10.00 Å². The van der Waals surface area contributed by atoms with Crippen molar-refractivity contribution >= 4 is 15.9 Å². The summed E-state index contributed by atoms with van der Waals surface area (Å²) in [5, 5.41) is 9.13. The molecule has 2 aromatic heterocycles. The molecule has 0 aromatic carbocycles. The number of nitriles is 1. The first kappa shape index (κ1) is 12.5. The summed E-state index contributed by atoms with van der Waals surface area (Å²) in [7, 11) is 0. The lowest BCUT2D eigenvalue weighted by atomic mass is 10.2. The topological polar surface area (TPSA) is 58.8 Å². The second kappa shape index (κ2) is 5.15. The van der Waals surface area contributed by atoms with Gasteiger partial charge in [-0.25, -0.2) is 0 Å². The predicted octanol–water partition coefficient (Wildman–Crippen LogP) is 3.52. The summed E-state index contributed by atoms with van der Waals surface area (Å²) < 4.78 is 6.51. The monoisotopic (exact) mass is 303 g/mol. The van der Waals surface area contributed by atoms with E-state index in [0.717, 1.165) is 10.2 Å². The molecule has 0 saturated carbocycles. The molecule has 2 heterocycles. The van der Waals surface area contributed by atoms with Gasteiger partial charge in [0.25, 0.3) is 0 Å². The van der Waals surface area contributed by atoms with E-state index in [-0.39, 0.29) is 0 Å². The van der Waals surface area contributed by atoms with Gasteiger partial charge in [-0.05, 0) is 35.8 Å². The molecule has 0 amide bonds. The van der Waals surface area contributed by atoms with E-state index in [9.17, 15) is 0 Å². The molecule has 0 aliphatic rings. The van der Waals surface area contributed by atoms with E-state index in [2.05, 4.69) is 32.0 Å². The van der Waals surface area contributed by atoms with Crippen LogP contribution in [0.25, 0.3) is 0 Å². The lowest BCUT2D eigenvalue weighted by molar-refractivity contribution is 0.476. The average molecular weight is 304 g/mol. The highest BCUT2D eigenvalue weighted by Gasteiger charge is 2.10. The molecule has 90 valence electrons. The zero-order valence-corrected chi connectivity index (χ0v) is 11.5. The Morgan fingerprint density at radius 3 is 2.72 bits per heavy atom. The maximum atomic E-state index is 9.13. The van der Waals surface area contributed by atoms with Gasteiger partial charge >= 0.3 is 0 Å². The Bertz CT molecular complexity index is 635. The van der Waals surface area contributed by atoms with Crippen LogP contribution in [0.1, 0.15) is 17.0 Å². The lowest BCUT2D eigenvalue weighted by Gasteiger charge is -2.09. The third-order valence-corrected chi connectivity index (χ3v) is 2.75. The fourth-order valence-corrected chi connectivity index (χ4v) is 1.93. The Morgan fingerprint density at radius 2 is 2.06 bits per heavy atom. The van der Waals surface area contributed by atoms with Crippen LogP contribution in [0.15, 0.2) is 29.0 Å². The van der Waals surface area contributed by atoms with Crippen LogP contribution in [0.3, 0.4) is 0 Å². The van der Waals surface area contributed by atoms with Crippen molar-refractivity contribution in [2.75, 3.05) is 0 Å². The highest BCUT2D eigenvalue weighted by atomic mass is 79.9. The molecule has 4 nitrogen and oxygen atoms in total. The number of aromatic nitrogens is 2. The first-order chi connectivity index (χ1) is 8.60. The van der Waals surface area contributed by atoms with E-state index < -0.39 is 0 Å². The van der Waals surface area contributed by atoms with Gasteiger partial charge in [-0.1, -0.05) is 0 Å². The van der Waals surface area contributed by atoms with Crippen molar-refractivity contribution in [2.45, 2.75) is 13.8 Å². The lowest BCUT2D eigenvalue weighted by Crippen LogP contribution is -1.96. The van der Waals surface area contributed by atoms with Crippen LogP contribution < -0.4 is 4.74 Å². The van der Waals surface area contributed by atoms with E-state index in [1.807, 2.05) is 6.92 Å². The standard InChI is InChI=1S/C13H10BrN3O/c1-8-3-13(12(5-15)9(2)17-8)18-11-4-10(14)6-16-7-11/h3-4,6-7H,1-2H3. The zero-order valence-electron chi connectivity index (χ0n) is 9.94. The largest absolute Gasteiger partial charge is 0.454 e. The zero-order chi connectivity index (χ0) is 13.1. The highest BCUT2D eigenvalue weighted by Crippen LogP contribution is 2.28. The number of nitrogens with zero attached hydrogens (tertiary/aromatic N) is 3. The molecule has 0 saturated heterocycles. The van der Waals surface area contributed by atoms with Gasteiger partial charge in [0.15, 0.2) is 0 Å². The molecule has 0 fully saturated rings. The van der Waals surface area contributed by atoms with Gasteiger partial charge in [0.2, 0.25) is 0 Å². The Hall–Kier alpha value is -1.93. The van der Waals surface area contributed by atoms with Crippen molar-refractivity contribution in [1.82, 2.24) is 9.97 Å². The van der Waals surface area contributed by atoms with Gasteiger partial charge in [0.1, 0.15) is 23.1 Å². The minimum atomic E-state index is 0.445. The normalized spacial score (nSPS) is 9.89. The van der Waals surface area contributed by atoms with Crippen molar-refractivity contribution in [2.24, 2.45) is 0 Å². The van der Waals surface area contributed by atoms with Gasteiger partial charge in [-0.15, -0.1) is 0 Å². The highest BCUT2D eigenvalue weighted by molar-refractivity contribution is 9.10. The van der Waals surface area contributed by atoms with Gasteiger partial charge in [-0.2, -0.15) is 5.26 Å². The molecule has 0 atom stereocenters. The van der Waals surface area contributed by atoms with Crippen LogP contribution in [0, 0.1) is 25.2 Å². The first-order valence-electron chi connectivity index (χ1n) is 5.27. The SMILES string of the molecule is Cc1cc(Oc2cncc(Br)c2)c(C#N)c(C)n1. The maximum absolute atomic E-state index is 9.13. The van der Waals surface area contributed by atoms with Crippen molar-refractivity contribution in [3.05, 3.63) is 46.0 Å². The number of hydrogen-bond donors (Lipinski definition) is 0. The molecular formula is C13H10BrN3O. The third kappa shape index (κ3) is 2.66. The fraction of sp³-hybridized carbons (Fsp3) is 0.154. The number of hydrogen-bond acceptors (Lipinski definition) is 4. The van der Waals surface area contributed by atoms with E-state index in [1.165, 1.54) is 0 Å². The molecule has 0 bridgehead atoms. The molecular weight excluding hydrogens is 294 g/mol. The van der Waals surface area contributed by atoms with Crippen LogP contribution in [0.4, 0.5) is 0 Å². The Morgan fingerprint density at radius 1 is 1.28 bits per heavy atom. The van der Waals surface area contributed by atoms with Crippen LogP contribution in [-0.2, 0) is 0 Å². The quantitative estimate of drug-likeness (QED) is 0.851. The fourth-order valence-electron chi connectivity index (χ4n) is 1.58. The summed E-state index contributed by atoms with van der Waals surface area (Å²) in [6.07, 6.45) is 3.26. The molecule has 18 heavy (non-hydrogen) atoms. The molecule has 2 aromatic rings. The van der Waals surface area contributed by atoms with Crippen molar-refractivity contribution < 1.29 is 4.74 Å². The van der Waals surface area contributed by atoms with E-state index in [1.54, 1.807) is 31.5 Å². The second-order valence-electron chi connectivity index (χ2n) is 3.77. The number of aryl methyl sites for hydroxylation is 2. The van der Waals surface area contributed by atoms with E-state index in [0.29, 0.717) is 22.8 Å². The predicted molar refractivity (Wildman–Crippen MR) is 70.4 cm³/mol. The number of rotatable bonds is 2. The number of pyridine rings is 2. The van der Waals surface area contributed by atoms with Crippen LogP contribution >= 0.6 is 15.9 Å². The first-order valence-corrected chi connectivity index (χ1v) is 6.06. The summed E-state index contributed by atoms with van der Waals surface area (Å²) in [4.78, 5) is 8.25. The van der Waals surface area contributed by atoms with Crippen molar-refractivity contribution in [1.29, 1.82) is 5.26 Å². The van der Waals surface area contributed by atoms with Gasteiger partial charge in [0.05, 0.1) is 11.9 Å². The van der Waals surface area contributed by atoms with Gasteiger partial charge in [0, 0.05) is 22.4 Å². The molecule has 0 radical (unpaired) electrons. The Kier molecular flexibility index (Phi) is 3.58. The molecule has 0 spiro atoms.